The number of hydrogen-bond donors (Lipinski definition) is 1. The summed E-state index contributed by atoms with van der Waals surface area (Å²) in [4.78, 5) is 4.15. The SMILES string of the molecule is Cc1cc(-c2noc(CN)n2)ccc1Br. The molecule has 0 saturated carbocycles. The smallest absolute Gasteiger partial charge is 0.240 e. The van der Waals surface area contributed by atoms with Gasteiger partial charge in [0.15, 0.2) is 0 Å². The number of rotatable bonds is 2. The molecule has 0 amide bonds. The first-order valence-electron chi connectivity index (χ1n) is 4.50. The molecule has 0 aliphatic rings. The van der Waals surface area contributed by atoms with Crippen LogP contribution in [0.2, 0.25) is 0 Å². The van der Waals surface area contributed by atoms with Gasteiger partial charge in [0.2, 0.25) is 11.7 Å². The van der Waals surface area contributed by atoms with Crippen LogP contribution in [0, 0.1) is 6.92 Å². The first-order valence-corrected chi connectivity index (χ1v) is 5.29. The van der Waals surface area contributed by atoms with E-state index in [2.05, 4.69) is 26.1 Å². The Balaban J connectivity index is 2.40. The van der Waals surface area contributed by atoms with Crippen LogP contribution in [-0.4, -0.2) is 10.1 Å². The van der Waals surface area contributed by atoms with Crippen LogP contribution in [0.5, 0.6) is 0 Å². The van der Waals surface area contributed by atoms with Gasteiger partial charge >= 0.3 is 0 Å². The van der Waals surface area contributed by atoms with E-state index in [4.69, 9.17) is 10.3 Å². The van der Waals surface area contributed by atoms with Crippen molar-refractivity contribution in [3.8, 4) is 11.4 Å². The van der Waals surface area contributed by atoms with Crippen molar-refractivity contribution in [2.75, 3.05) is 0 Å². The summed E-state index contributed by atoms with van der Waals surface area (Å²) in [5.41, 5.74) is 7.45. The van der Waals surface area contributed by atoms with Gasteiger partial charge in [0.25, 0.3) is 0 Å². The molecule has 2 N–H and O–H groups in total. The summed E-state index contributed by atoms with van der Waals surface area (Å²) in [5, 5.41) is 3.85. The van der Waals surface area contributed by atoms with Crippen LogP contribution in [0.4, 0.5) is 0 Å². The largest absolute Gasteiger partial charge is 0.338 e. The van der Waals surface area contributed by atoms with Crippen molar-refractivity contribution >= 4 is 15.9 Å². The molecule has 4 nitrogen and oxygen atoms in total. The average molecular weight is 268 g/mol. The molecule has 15 heavy (non-hydrogen) atoms. The summed E-state index contributed by atoms with van der Waals surface area (Å²) in [6, 6.07) is 5.89. The number of nitrogens with zero attached hydrogens (tertiary/aromatic N) is 2. The minimum Gasteiger partial charge on any atom is -0.338 e. The van der Waals surface area contributed by atoms with Crippen LogP contribution >= 0.6 is 15.9 Å². The zero-order valence-electron chi connectivity index (χ0n) is 8.20. The van der Waals surface area contributed by atoms with Crippen molar-refractivity contribution in [1.29, 1.82) is 0 Å². The molecular weight excluding hydrogens is 258 g/mol. The highest BCUT2D eigenvalue weighted by Crippen LogP contribution is 2.22. The lowest BCUT2D eigenvalue weighted by molar-refractivity contribution is 0.380. The van der Waals surface area contributed by atoms with Crippen molar-refractivity contribution in [2.45, 2.75) is 13.5 Å². The van der Waals surface area contributed by atoms with Gasteiger partial charge < -0.3 is 10.3 Å². The number of aromatic nitrogens is 2. The van der Waals surface area contributed by atoms with Crippen molar-refractivity contribution in [3.05, 3.63) is 34.1 Å². The molecule has 1 aromatic heterocycles. The molecule has 0 radical (unpaired) electrons. The fourth-order valence-corrected chi connectivity index (χ4v) is 1.49. The highest BCUT2D eigenvalue weighted by molar-refractivity contribution is 9.10. The Morgan fingerprint density at radius 3 is 2.87 bits per heavy atom. The first-order chi connectivity index (χ1) is 7.20. The standard InChI is InChI=1S/C10H10BrN3O/c1-6-4-7(2-3-8(6)11)10-13-9(5-12)15-14-10/h2-4H,5,12H2,1H3. The summed E-state index contributed by atoms with van der Waals surface area (Å²) >= 11 is 3.44. The van der Waals surface area contributed by atoms with Crippen molar-refractivity contribution in [3.63, 3.8) is 0 Å². The molecule has 1 heterocycles. The summed E-state index contributed by atoms with van der Waals surface area (Å²) < 4.78 is 6.00. The molecule has 0 unspecified atom stereocenters. The van der Waals surface area contributed by atoms with E-state index in [1.165, 1.54) is 0 Å². The molecule has 2 aromatic rings. The van der Waals surface area contributed by atoms with Crippen LogP contribution in [0.3, 0.4) is 0 Å². The van der Waals surface area contributed by atoms with Gasteiger partial charge in [-0.3, -0.25) is 0 Å². The third-order valence-corrected chi connectivity index (χ3v) is 2.95. The lowest BCUT2D eigenvalue weighted by atomic mass is 10.1. The lowest BCUT2D eigenvalue weighted by Gasteiger charge is -1.99. The van der Waals surface area contributed by atoms with Crippen molar-refractivity contribution < 1.29 is 4.52 Å². The van der Waals surface area contributed by atoms with Gasteiger partial charge in [0.05, 0.1) is 6.54 Å². The normalized spacial score (nSPS) is 10.6. The van der Waals surface area contributed by atoms with Crippen LogP contribution in [0.25, 0.3) is 11.4 Å². The minimum absolute atomic E-state index is 0.266. The van der Waals surface area contributed by atoms with E-state index in [0.29, 0.717) is 11.7 Å². The summed E-state index contributed by atoms with van der Waals surface area (Å²) in [7, 11) is 0. The fourth-order valence-electron chi connectivity index (χ4n) is 1.24. The van der Waals surface area contributed by atoms with Gasteiger partial charge in [-0.25, -0.2) is 0 Å². The Labute approximate surface area is 95.6 Å². The number of hydrogen-bond acceptors (Lipinski definition) is 4. The van der Waals surface area contributed by atoms with Crippen LogP contribution in [0.15, 0.2) is 27.2 Å². The van der Waals surface area contributed by atoms with E-state index in [1.807, 2.05) is 25.1 Å². The van der Waals surface area contributed by atoms with E-state index in [-0.39, 0.29) is 6.54 Å². The molecule has 0 atom stereocenters. The Hall–Kier alpha value is -1.20. The van der Waals surface area contributed by atoms with E-state index in [1.54, 1.807) is 0 Å². The van der Waals surface area contributed by atoms with Gasteiger partial charge in [-0.1, -0.05) is 21.1 Å². The van der Waals surface area contributed by atoms with Crippen LogP contribution in [-0.2, 0) is 6.54 Å². The molecule has 0 aliphatic heterocycles. The number of aryl methyl sites for hydroxylation is 1. The molecule has 0 aliphatic carbocycles. The minimum atomic E-state index is 0.266. The fraction of sp³-hybridized carbons (Fsp3) is 0.200. The molecule has 2 rings (SSSR count). The second-order valence-electron chi connectivity index (χ2n) is 3.18. The quantitative estimate of drug-likeness (QED) is 0.907. The third-order valence-electron chi connectivity index (χ3n) is 2.06. The maximum Gasteiger partial charge on any atom is 0.240 e. The zero-order valence-corrected chi connectivity index (χ0v) is 9.78. The lowest BCUT2D eigenvalue weighted by Crippen LogP contribution is -1.95. The monoisotopic (exact) mass is 267 g/mol. The van der Waals surface area contributed by atoms with Crippen LogP contribution in [0.1, 0.15) is 11.5 Å². The van der Waals surface area contributed by atoms with E-state index in [9.17, 15) is 0 Å². The van der Waals surface area contributed by atoms with E-state index >= 15 is 0 Å². The average Bonchev–Trinajstić information content (AvgIpc) is 2.70. The molecule has 0 spiro atoms. The molecule has 0 saturated heterocycles. The molecule has 1 aromatic carbocycles. The Morgan fingerprint density at radius 2 is 2.27 bits per heavy atom. The predicted molar refractivity (Wildman–Crippen MR) is 60.1 cm³/mol. The molecule has 0 bridgehead atoms. The van der Waals surface area contributed by atoms with Gasteiger partial charge in [-0.05, 0) is 30.7 Å². The van der Waals surface area contributed by atoms with E-state index < -0.39 is 0 Å². The Bertz CT molecular complexity index is 481. The van der Waals surface area contributed by atoms with Gasteiger partial charge in [0, 0.05) is 10.0 Å². The molecule has 5 heteroatoms. The van der Waals surface area contributed by atoms with Gasteiger partial charge in [0.1, 0.15) is 0 Å². The highest BCUT2D eigenvalue weighted by atomic mass is 79.9. The highest BCUT2D eigenvalue weighted by Gasteiger charge is 2.07. The number of halogens is 1. The van der Waals surface area contributed by atoms with E-state index in [0.717, 1.165) is 15.6 Å². The Kier molecular flexibility index (Phi) is 2.83. The summed E-state index contributed by atoms with van der Waals surface area (Å²) in [6.45, 7) is 2.28. The number of nitrogens with two attached hydrogens (primary N) is 1. The van der Waals surface area contributed by atoms with Gasteiger partial charge in [-0.15, -0.1) is 0 Å². The topological polar surface area (TPSA) is 64.9 Å². The summed E-state index contributed by atoms with van der Waals surface area (Å²) in [6.07, 6.45) is 0. The third kappa shape index (κ3) is 2.08. The molecular formula is C10H10BrN3O. The van der Waals surface area contributed by atoms with Crippen molar-refractivity contribution in [1.82, 2.24) is 10.1 Å². The van der Waals surface area contributed by atoms with Gasteiger partial charge in [-0.2, -0.15) is 4.98 Å². The molecule has 78 valence electrons. The second-order valence-corrected chi connectivity index (χ2v) is 4.03. The second kappa shape index (κ2) is 4.12. The Morgan fingerprint density at radius 1 is 1.47 bits per heavy atom. The zero-order chi connectivity index (χ0) is 10.8. The molecule has 0 fully saturated rings. The number of benzene rings is 1. The van der Waals surface area contributed by atoms with Crippen LogP contribution < -0.4 is 5.73 Å². The first kappa shape index (κ1) is 10.3. The van der Waals surface area contributed by atoms with Crippen molar-refractivity contribution in [2.24, 2.45) is 5.73 Å². The predicted octanol–water partition coefficient (Wildman–Crippen LogP) is 2.27. The summed E-state index contributed by atoms with van der Waals surface area (Å²) in [5.74, 6) is 1.02. The maximum absolute atomic E-state index is 5.39. The maximum atomic E-state index is 5.39.